The summed E-state index contributed by atoms with van der Waals surface area (Å²) in [6.07, 6.45) is 2.00. The van der Waals surface area contributed by atoms with E-state index in [0.29, 0.717) is 6.04 Å². The van der Waals surface area contributed by atoms with Crippen molar-refractivity contribution in [2.45, 2.75) is 39.8 Å². The monoisotopic (exact) mass is 340 g/mol. The molecule has 0 aromatic heterocycles. The van der Waals surface area contributed by atoms with Crippen molar-refractivity contribution in [3.05, 3.63) is 20.3 Å². The topological polar surface area (TPSA) is 3.24 Å². The van der Waals surface area contributed by atoms with Gasteiger partial charge in [0.05, 0.1) is 0 Å². The zero-order valence-corrected chi connectivity index (χ0v) is 11.9. The van der Waals surface area contributed by atoms with Gasteiger partial charge in [0.1, 0.15) is 0 Å². The SMILES string of the molecule is C[CH-]C.[CH2-]C([CH2-])N(C)C(C)C.[W]. The molecule has 0 radical (unpaired) electrons. The quantitative estimate of drug-likeness (QED) is 0.699. The summed E-state index contributed by atoms with van der Waals surface area (Å²) in [5.41, 5.74) is 0. The molecule has 2 heteroatoms. The molecule has 0 aliphatic rings. The Morgan fingerprint density at radius 1 is 1.17 bits per heavy atom. The molecule has 0 rings (SSSR count). The summed E-state index contributed by atoms with van der Waals surface area (Å²) < 4.78 is 0. The van der Waals surface area contributed by atoms with Crippen molar-refractivity contribution in [2.24, 2.45) is 0 Å². The van der Waals surface area contributed by atoms with Crippen LogP contribution < -0.4 is 0 Å². The molecular weight excluding hydrogens is 318 g/mol. The smallest absolute Gasteiger partial charge is 0 e. The van der Waals surface area contributed by atoms with Crippen LogP contribution in [-0.2, 0) is 21.1 Å². The van der Waals surface area contributed by atoms with Gasteiger partial charge in [-0.05, 0) is 13.1 Å². The van der Waals surface area contributed by atoms with Crippen LogP contribution in [0, 0.1) is 20.3 Å². The largest absolute Gasteiger partial charge is 0.359 e. The second-order valence-electron chi connectivity index (χ2n) is 2.99. The van der Waals surface area contributed by atoms with Gasteiger partial charge in [-0.3, -0.25) is 0 Å². The first kappa shape index (κ1) is 18.4. The van der Waals surface area contributed by atoms with E-state index in [-0.39, 0.29) is 27.1 Å². The van der Waals surface area contributed by atoms with E-state index in [1.54, 1.807) is 0 Å². The molecule has 0 bridgehead atoms. The molecule has 76 valence electrons. The number of nitrogens with zero attached hydrogens (tertiary/aromatic N) is 1. The summed E-state index contributed by atoms with van der Waals surface area (Å²) in [6.45, 7) is 15.8. The second kappa shape index (κ2) is 11.6. The average Bonchev–Trinajstić information content (AvgIpc) is 1.87. The van der Waals surface area contributed by atoms with E-state index in [1.807, 2.05) is 27.3 Å². The summed E-state index contributed by atoms with van der Waals surface area (Å²) in [5.74, 6) is 0. The van der Waals surface area contributed by atoms with Crippen LogP contribution in [0.3, 0.4) is 0 Å². The van der Waals surface area contributed by atoms with Crippen LogP contribution in [0.1, 0.15) is 27.7 Å². The molecule has 0 unspecified atom stereocenters. The zero-order chi connectivity index (χ0) is 9.44. The molecular formula is C10H22NW-3. The van der Waals surface area contributed by atoms with Crippen molar-refractivity contribution in [1.29, 1.82) is 0 Å². The molecule has 0 N–H and O–H groups in total. The number of hydrogen-bond donors (Lipinski definition) is 0. The Bertz CT molecular complexity index is 64.2. The molecule has 1 nitrogen and oxygen atoms in total. The Labute approximate surface area is 93.2 Å². The molecule has 0 atom stereocenters. The third-order valence-electron chi connectivity index (χ3n) is 1.39. The fourth-order valence-corrected chi connectivity index (χ4v) is 0.422. The Kier molecular flexibility index (Phi) is 17.9. The standard InChI is InChI=1S/C7H15N.C3H7.W/c1-6(2)8(5)7(3)4;1-3-2;/h6-7H,1-2H2,3-5H3;3H,1-2H3;/q-2;-1;. The van der Waals surface area contributed by atoms with Gasteiger partial charge in [-0.15, -0.1) is 0 Å². The normalized spacial score (nSPS) is 9.50. The van der Waals surface area contributed by atoms with Gasteiger partial charge in [0.15, 0.2) is 0 Å². The van der Waals surface area contributed by atoms with E-state index in [1.165, 1.54) is 0 Å². The van der Waals surface area contributed by atoms with Crippen LogP contribution >= 0.6 is 0 Å². The third kappa shape index (κ3) is 13.3. The van der Waals surface area contributed by atoms with Crippen molar-refractivity contribution in [3.63, 3.8) is 0 Å². The van der Waals surface area contributed by atoms with Gasteiger partial charge in [0.2, 0.25) is 0 Å². The molecule has 0 amide bonds. The molecule has 0 spiro atoms. The fraction of sp³-hybridized carbons (Fsp3) is 0.700. The van der Waals surface area contributed by atoms with Gasteiger partial charge in [-0.1, -0.05) is 13.8 Å². The van der Waals surface area contributed by atoms with Gasteiger partial charge in [0, 0.05) is 21.1 Å². The van der Waals surface area contributed by atoms with Crippen molar-refractivity contribution in [2.75, 3.05) is 7.05 Å². The first-order valence-corrected chi connectivity index (χ1v) is 4.09. The predicted molar refractivity (Wildman–Crippen MR) is 53.0 cm³/mol. The summed E-state index contributed by atoms with van der Waals surface area (Å²) >= 11 is 0. The second-order valence-corrected chi connectivity index (χ2v) is 2.99. The average molecular weight is 340 g/mol. The molecule has 0 saturated carbocycles. The third-order valence-corrected chi connectivity index (χ3v) is 1.39. The zero-order valence-electron chi connectivity index (χ0n) is 9.00. The minimum atomic E-state index is 0. The molecule has 0 heterocycles. The summed E-state index contributed by atoms with van der Waals surface area (Å²) in [4.78, 5) is 2.11. The van der Waals surface area contributed by atoms with Crippen molar-refractivity contribution < 1.29 is 21.1 Å². The minimum absolute atomic E-state index is 0. The molecule has 0 aliphatic heterocycles. The fourth-order valence-electron chi connectivity index (χ4n) is 0.422. The molecule has 0 aromatic carbocycles. The first-order chi connectivity index (χ1) is 4.97. The molecule has 0 saturated heterocycles. The van der Waals surface area contributed by atoms with Gasteiger partial charge in [-0.25, -0.2) is 6.04 Å². The van der Waals surface area contributed by atoms with Gasteiger partial charge < -0.3 is 25.2 Å². The molecule has 0 aromatic rings. The Morgan fingerprint density at radius 2 is 1.42 bits per heavy atom. The summed E-state index contributed by atoms with van der Waals surface area (Å²) in [5, 5.41) is 0. The maximum Gasteiger partial charge on any atom is 0 e. The van der Waals surface area contributed by atoms with Crippen LogP contribution in [0.15, 0.2) is 0 Å². The summed E-state index contributed by atoms with van der Waals surface area (Å²) in [6, 6.07) is 0.727. The van der Waals surface area contributed by atoms with E-state index in [2.05, 4.69) is 32.6 Å². The minimum Gasteiger partial charge on any atom is -0.359 e. The van der Waals surface area contributed by atoms with E-state index < -0.39 is 0 Å². The Balaban J connectivity index is -0.000000177. The van der Waals surface area contributed by atoms with Crippen molar-refractivity contribution >= 4 is 0 Å². The van der Waals surface area contributed by atoms with Crippen LogP contribution in [0.5, 0.6) is 0 Å². The Hall–Kier alpha value is 0.648. The number of hydrogen-bond acceptors (Lipinski definition) is 1. The Morgan fingerprint density at radius 3 is 1.42 bits per heavy atom. The van der Waals surface area contributed by atoms with Crippen molar-refractivity contribution in [1.82, 2.24) is 4.90 Å². The maximum absolute atomic E-state index is 3.77. The van der Waals surface area contributed by atoms with Crippen molar-refractivity contribution in [3.8, 4) is 0 Å². The van der Waals surface area contributed by atoms with Crippen LogP contribution in [0.25, 0.3) is 0 Å². The van der Waals surface area contributed by atoms with E-state index in [9.17, 15) is 0 Å². The maximum atomic E-state index is 3.77. The predicted octanol–water partition coefficient (Wildman–Crippen LogP) is 2.59. The van der Waals surface area contributed by atoms with Crippen LogP contribution in [0.4, 0.5) is 0 Å². The first-order valence-electron chi connectivity index (χ1n) is 4.09. The van der Waals surface area contributed by atoms with Gasteiger partial charge in [-0.2, -0.15) is 13.8 Å². The van der Waals surface area contributed by atoms with Crippen LogP contribution in [0.2, 0.25) is 0 Å². The molecule has 0 aliphatic carbocycles. The summed E-state index contributed by atoms with van der Waals surface area (Å²) in [7, 11) is 2.02. The van der Waals surface area contributed by atoms with Gasteiger partial charge >= 0.3 is 0 Å². The van der Waals surface area contributed by atoms with E-state index >= 15 is 0 Å². The molecule has 12 heavy (non-hydrogen) atoms. The van der Waals surface area contributed by atoms with E-state index in [4.69, 9.17) is 0 Å². The number of rotatable bonds is 2. The molecule has 0 fully saturated rings. The van der Waals surface area contributed by atoms with Crippen LogP contribution in [-0.4, -0.2) is 24.0 Å². The van der Waals surface area contributed by atoms with E-state index in [0.717, 1.165) is 0 Å². The van der Waals surface area contributed by atoms with Gasteiger partial charge in [0.25, 0.3) is 0 Å².